The molecule has 0 spiro atoms. The van der Waals surface area contributed by atoms with Crippen LogP contribution in [0, 0.1) is 20.8 Å². The molecule has 2 N–H and O–H groups in total. The summed E-state index contributed by atoms with van der Waals surface area (Å²) in [5.74, 6) is -2.30. The highest BCUT2D eigenvalue weighted by Crippen LogP contribution is 2.29. The molecule has 0 atom stereocenters. The van der Waals surface area contributed by atoms with Gasteiger partial charge in [-0.2, -0.15) is 0 Å². The maximum absolute atomic E-state index is 11.9. The van der Waals surface area contributed by atoms with Crippen molar-refractivity contribution in [2.45, 2.75) is 20.8 Å². The minimum absolute atomic E-state index is 0.366. The second kappa shape index (κ2) is 8.35. The summed E-state index contributed by atoms with van der Waals surface area (Å²) in [5, 5.41) is 15.4. The van der Waals surface area contributed by atoms with Crippen LogP contribution < -0.4 is 26.1 Å². The monoisotopic (exact) mass is 375 g/mol. The average molecular weight is 375 g/mol. The van der Waals surface area contributed by atoms with Gasteiger partial charge in [0, 0.05) is 16.5 Å². The van der Waals surface area contributed by atoms with Crippen LogP contribution in [0.15, 0.2) is 21.3 Å². The molecule has 9 nitrogen and oxygen atoms in total. The van der Waals surface area contributed by atoms with Gasteiger partial charge in [-0.3, -0.25) is 9.59 Å². The Labute approximate surface area is 154 Å². The van der Waals surface area contributed by atoms with Gasteiger partial charge in [0.25, 0.3) is 5.91 Å². The Morgan fingerprint density at radius 1 is 1.00 bits per heavy atom. The number of ether oxygens (including phenoxy) is 1. The molecule has 0 saturated carbocycles. The van der Waals surface area contributed by atoms with E-state index < -0.39 is 30.0 Å². The molecule has 9 heteroatoms. The SMILES string of the molecule is Cc1c(C)c2ccc(OCC(=O)NCC(=O)NCC(=O)[O-])c(C)c2oc1=O. The molecular formula is C18H19N2O7-. The van der Waals surface area contributed by atoms with Gasteiger partial charge in [0.2, 0.25) is 5.91 Å². The Bertz CT molecular complexity index is 962. The summed E-state index contributed by atoms with van der Waals surface area (Å²) in [4.78, 5) is 45.2. The molecule has 0 bridgehead atoms. The van der Waals surface area contributed by atoms with Crippen molar-refractivity contribution in [2.24, 2.45) is 0 Å². The summed E-state index contributed by atoms with van der Waals surface area (Å²) in [6.07, 6.45) is 0. The number of hydrogen-bond acceptors (Lipinski definition) is 7. The van der Waals surface area contributed by atoms with E-state index in [1.807, 2.05) is 6.92 Å². The molecule has 144 valence electrons. The van der Waals surface area contributed by atoms with E-state index in [9.17, 15) is 24.3 Å². The van der Waals surface area contributed by atoms with Gasteiger partial charge in [-0.25, -0.2) is 4.79 Å². The first-order valence-corrected chi connectivity index (χ1v) is 8.10. The van der Waals surface area contributed by atoms with Crippen LogP contribution in [-0.2, 0) is 14.4 Å². The van der Waals surface area contributed by atoms with Gasteiger partial charge in [0.05, 0.1) is 19.1 Å². The van der Waals surface area contributed by atoms with Crippen molar-refractivity contribution in [1.29, 1.82) is 0 Å². The molecule has 0 unspecified atom stereocenters. The predicted octanol–water partition coefficient (Wildman–Crippen LogP) is -0.921. The van der Waals surface area contributed by atoms with Crippen molar-refractivity contribution < 1.29 is 28.6 Å². The summed E-state index contributed by atoms with van der Waals surface area (Å²) >= 11 is 0. The third kappa shape index (κ3) is 4.84. The van der Waals surface area contributed by atoms with Crippen LogP contribution in [0.4, 0.5) is 0 Å². The summed E-state index contributed by atoms with van der Waals surface area (Å²) in [6, 6.07) is 3.41. The van der Waals surface area contributed by atoms with E-state index in [-0.39, 0.29) is 13.2 Å². The molecule has 0 saturated heterocycles. The first-order chi connectivity index (χ1) is 12.7. The number of fused-ring (bicyclic) bond motifs is 1. The van der Waals surface area contributed by atoms with Crippen molar-refractivity contribution in [2.75, 3.05) is 19.7 Å². The molecule has 0 radical (unpaired) electrons. The Hall–Kier alpha value is -3.36. The number of carboxylic acid groups (broad SMARTS) is 1. The van der Waals surface area contributed by atoms with E-state index in [2.05, 4.69) is 10.6 Å². The summed E-state index contributed by atoms with van der Waals surface area (Å²) in [6.45, 7) is 3.84. The van der Waals surface area contributed by atoms with Crippen molar-refractivity contribution >= 4 is 28.8 Å². The number of carbonyl (C=O) groups excluding carboxylic acids is 3. The zero-order valence-electron chi connectivity index (χ0n) is 15.1. The van der Waals surface area contributed by atoms with Crippen LogP contribution >= 0.6 is 0 Å². The van der Waals surface area contributed by atoms with Crippen molar-refractivity contribution in [1.82, 2.24) is 10.6 Å². The molecule has 0 aliphatic heterocycles. The van der Waals surface area contributed by atoms with Gasteiger partial charge in [-0.05, 0) is 38.5 Å². The first kappa shape index (κ1) is 20.0. The van der Waals surface area contributed by atoms with E-state index in [0.717, 1.165) is 10.9 Å². The Morgan fingerprint density at radius 3 is 2.33 bits per heavy atom. The predicted molar refractivity (Wildman–Crippen MR) is 93.2 cm³/mol. The number of aryl methyl sites for hydroxylation is 2. The van der Waals surface area contributed by atoms with E-state index >= 15 is 0 Å². The molecule has 2 rings (SSSR count). The highest BCUT2D eigenvalue weighted by Gasteiger charge is 2.14. The third-order valence-corrected chi connectivity index (χ3v) is 4.06. The molecule has 0 aliphatic carbocycles. The Kier molecular flexibility index (Phi) is 6.17. The summed E-state index contributed by atoms with van der Waals surface area (Å²) in [5.41, 5.74) is 1.89. The van der Waals surface area contributed by atoms with E-state index in [4.69, 9.17) is 9.15 Å². The minimum Gasteiger partial charge on any atom is -0.548 e. The quantitative estimate of drug-likeness (QED) is 0.597. The maximum atomic E-state index is 11.9. The first-order valence-electron chi connectivity index (χ1n) is 8.10. The smallest absolute Gasteiger partial charge is 0.339 e. The maximum Gasteiger partial charge on any atom is 0.339 e. The highest BCUT2D eigenvalue weighted by molar-refractivity contribution is 5.87. The van der Waals surface area contributed by atoms with Crippen LogP contribution in [0.5, 0.6) is 5.75 Å². The fourth-order valence-electron chi connectivity index (χ4n) is 2.39. The number of benzene rings is 1. The van der Waals surface area contributed by atoms with Crippen LogP contribution in [-0.4, -0.2) is 37.5 Å². The fraction of sp³-hybridized carbons (Fsp3) is 0.333. The van der Waals surface area contributed by atoms with E-state index in [0.29, 0.717) is 22.5 Å². The molecule has 2 amide bonds. The number of carboxylic acids is 1. The van der Waals surface area contributed by atoms with Crippen molar-refractivity contribution in [3.05, 3.63) is 39.2 Å². The number of aliphatic carboxylic acids is 1. The van der Waals surface area contributed by atoms with Crippen molar-refractivity contribution in [3.8, 4) is 5.75 Å². The lowest BCUT2D eigenvalue weighted by Gasteiger charge is -2.12. The van der Waals surface area contributed by atoms with Gasteiger partial charge in [0.15, 0.2) is 6.61 Å². The fourth-order valence-corrected chi connectivity index (χ4v) is 2.39. The highest BCUT2D eigenvalue weighted by atomic mass is 16.5. The van der Waals surface area contributed by atoms with Crippen molar-refractivity contribution in [3.63, 3.8) is 0 Å². The molecule has 2 aromatic rings. The number of hydrogen-bond donors (Lipinski definition) is 2. The Balaban J connectivity index is 2.01. The zero-order valence-corrected chi connectivity index (χ0v) is 15.1. The Morgan fingerprint density at radius 2 is 1.67 bits per heavy atom. The van der Waals surface area contributed by atoms with E-state index in [1.54, 1.807) is 26.0 Å². The lowest BCUT2D eigenvalue weighted by atomic mass is 10.0. The molecule has 0 fully saturated rings. The molecule has 27 heavy (non-hydrogen) atoms. The lowest BCUT2D eigenvalue weighted by molar-refractivity contribution is -0.304. The zero-order chi connectivity index (χ0) is 20.1. The van der Waals surface area contributed by atoms with Crippen LogP contribution in [0.1, 0.15) is 16.7 Å². The minimum atomic E-state index is -1.43. The lowest BCUT2D eigenvalue weighted by Crippen LogP contribution is -2.43. The van der Waals surface area contributed by atoms with Crippen LogP contribution in [0.3, 0.4) is 0 Å². The summed E-state index contributed by atoms with van der Waals surface area (Å²) in [7, 11) is 0. The molecule has 0 aliphatic rings. The van der Waals surface area contributed by atoms with Gasteiger partial charge in [-0.1, -0.05) is 0 Å². The molecule has 1 aromatic heterocycles. The largest absolute Gasteiger partial charge is 0.548 e. The molecule has 1 aromatic carbocycles. The second-order valence-electron chi connectivity index (χ2n) is 5.92. The standard InChI is InChI=1S/C18H20N2O7/c1-9-10(2)18(25)27-17-11(3)13(5-4-12(9)17)26-8-15(22)19-6-14(21)20-7-16(23)24/h4-5H,6-8H2,1-3H3,(H,19,22)(H,20,21)(H,23,24)/p-1. The third-order valence-electron chi connectivity index (χ3n) is 4.06. The van der Waals surface area contributed by atoms with Crippen LogP contribution in [0.2, 0.25) is 0 Å². The van der Waals surface area contributed by atoms with Gasteiger partial charge < -0.3 is 29.7 Å². The average Bonchev–Trinajstić information content (AvgIpc) is 2.62. The molecular weight excluding hydrogens is 356 g/mol. The summed E-state index contributed by atoms with van der Waals surface area (Å²) < 4.78 is 10.8. The number of nitrogens with one attached hydrogen (secondary N) is 2. The topological polar surface area (TPSA) is 138 Å². The normalized spacial score (nSPS) is 10.5. The van der Waals surface area contributed by atoms with E-state index in [1.165, 1.54) is 0 Å². The number of rotatable bonds is 7. The number of carbonyl (C=O) groups is 3. The van der Waals surface area contributed by atoms with Gasteiger partial charge in [-0.15, -0.1) is 0 Å². The van der Waals surface area contributed by atoms with Gasteiger partial charge in [0.1, 0.15) is 11.3 Å². The van der Waals surface area contributed by atoms with Gasteiger partial charge >= 0.3 is 5.63 Å². The second-order valence-corrected chi connectivity index (χ2v) is 5.92. The van der Waals surface area contributed by atoms with Crippen LogP contribution in [0.25, 0.3) is 11.0 Å². The molecule has 1 heterocycles. The number of amides is 2.